The summed E-state index contributed by atoms with van der Waals surface area (Å²) in [5.41, 5.74) is 7.75. The van der Waals surface area contributed by atoms with E-state index in [4.69, 9.17) is 0 Å². The molecule has 0 saturated heterocycles. The first-order valence-corrected chi connectivity index (χ1v) is 10.2. The minimum Gasteiger partial charge on any atom is -0.360 e. The predicted molar refractivity (Wildman–Crippen MR) is 121 cm³/mol. The second kappa shape index (κ2) is 7.92. The molecule has 0 aliphatic carbocycles. The lowest BCUT2D eigenvalue weighted by molar-refractivity contribution is 0.0954. The molecular formula is C23H26BrN3O. The molecule has 1 N–H and O–H groups in total. The lowest BCUT2D eigenvalue weighted by Crippen LogP contribution is -2.49. The zero-order chi connectivity index (χ0) is 20.5. The Morgan fingerprint density at radius 1 is 1.21 bits per heavy atom. The van der Waals surface area contributed by atoms with Crippen LogP contribution < -0.4 is 10.3 Å². The summed E-state index contributed by atoms with van der Waals surface area (Å²) in [5.74, 6) is -0.245. The highest BCUT2D eigenvalue weighted by molar-refractivity contribution is 9.10. The number of carbonyl (C=O) groups excluding carboxylic acids is 1. The average molecular weight is 440 g/mol. The van der Waals surface area contributed by atoms with E-state index in [1.807, 2.05) is 24.3 Å². The van der Waals surface area contributed by atoms with Crippen molar-refractivity contribution in [3.05, 3.63) is 69.7 Å². The SMILES string of the molecule is CC1=CC(C)(C)N(C(C)C)c2ccc(/C=N\NC(=O)c3ccccc3Br)cc21. The van der Waals surface area contributed by atoms with Gasteiger partial charge in [0.05, 0.1) is 17.3 Å². The molecule has 0 atom stereocenters. The van der Waals surface area contributed by atoms with Crippen LogP contribution in [0.2, 0.25) is 0 Å². The number of rotatable bonds is 4. The number of hydrazone groups is 1. The van der Waals surface area contributed by atoms with E-state index in [0.717, 1.165) is 10.0 Å². The summed E-state index contributed by atoms with van der Waals surface area (Å²) in [5, 5.41) is 4.14. The first-order valence-electron chi connectivity index (χ1n) is 9.42. The van der Waals surface area contributed by atoms with E-state index in [2.05, 4.69) is 84.2 Å². The topological polar surface area (TPSA) is 44.7 Å². The van der Waals surface area contributed by atoms with Crippen LogP contribution in [-0.2, 0) is 0 Å². The zero-order valence-corrected chi connectivity index (χ0v) is 18.5. The number of carbonyl (C=O) groups is 1. The van der Waals surface area contributed by atoms with Gasteiger partial charge in [0.25, 0.3) is 5.91 Å². The molecule has 3 rings (SSSR count). The Hall–Kier alpha value is -2.40. The Morgan fingerprint density at radius 2 is 1.93 bits per heavy atom. The van der Waals surface area contributed by atoms with Crippen LogP contribution >= 0.6 is 15.9 Å². The van der Waals surface area contributed by atoms with Crippen LogP contribution in [0.25, 0.3) is 5.57 Å². The second-order valence-electron chi connectivity index (χ2n) is 7.90. The van der Waals surface area contributed by atoms with Crippen LogP contribution in [-0.4, -0.2) is 23.7 Å². The number of nitrogens with zero attached hydrogens (tertiary/aromatic N) is 2. The van der Waals surface area contributed by atoms with Gasteiger partial charge in [-0.2, -0.15) is 5.10 Å². The van der Waals surface area contributed by atoms with Gasteiger partial charge in [0, 0.05) is 21.8 Å². The van der Waals surface area contributed by atoms with Crippen molar-refractivity contribution in [2.75, 3.05) is 4.90 Å². The fourth-order valence-corrected chi connectivity index (χ4v) is 4.43. The third-order valence-corrected chi connectivity index (χ3v) is 5.60. The Labute approximate surface area is 175 Å². The molecule has 1 amide bonds. The Balaban J connectivity index is 1.82. The minimum atomic E-state index is -0.245. The van der Waals surface area contributed by atoms with Crippen molar-refractivity contribution in [1.82, 2.24) is 5.43 Å². The third-order valence-electron chi connectivity index (χ3n) is 4.91. The number of benzene rings is 2. The first-order chi connectivity index (χ1) is 13.2. The molecule has 0 saturated carbocycles. The molecule has 28 heavy (non-hydrogen) atoms. The summed E-state index contributed by atoms with van der Waals surface area (Å²) in [6, 6.07) is 14.0. The predicted octanol–water partition coefficient (Wildman–Crippen LogP) is 5.62. The summed E-state index contributed by atoms with van der Waals surface area (Å²) < 4.78 is 0.744. The summed E-state index contributed by atoms with van der Waals surface area (Å²) in [6.45, 7) is 11.1. The fraction of sp³-hybridized carbons (Fsp3) is 0.304. The number of fused-ring (bicyclic) bond motifs is 1. The van der Waals surface area contributed by atoms with Gasteiger partial charge in [-0.05, 0) is 86.0 Å². The molecule has 1 aliphatic rings. The molecule has 0 radical (unpaired) electrons. The minimum absolute atomic E-state index is 0.0299. The highest BCUT2D eigenvalue weighted by Gasteiger charge is 2.32. The molecule has 5 heteroatoms. The van der Waals surface area contributed by atoms with E-state index < -0.39 is 0 Å². The molecule has 0 unspecified atom stereocenters. The van der Waals surface area contributed by atoms with E-state index in [9.17, 15) is 4.79 Å². The molecule has 2 aromatic carbocycles. The van der Waals surface area contributed by atoms with Gasteiger partial charge in [-0.25, -0.2) is 5.43 Å². The normalized spacial score (nSPS) is 15.5. The quantitative estimate of drug-likeness (QED) is 0.495. The lowest BCUT2D eigenvalue weighted by atomic mass is 9.87. The number of anilines is 1. The van der Waals surface area contributed by atoms with Crippen LogP contribution in [0.15, 0.2) is 58.1 Å². The lowest BCUT2D eigenvalue weighted by Gasteiger charge is -2.46. The van der Waals surface area contributed by atoms with Gasteiger partial charge in [0.1, 0.15) is 0 Å². The highest BCUT2D eigenvalue weighted by atomic mass is 79.9. The van der Waals surface area contributed by atoms with Crippen molar-refractivity contribution in [1.29, 1.82) is 0 Å². The number of allylic oxidation sites excluding steroid dienone is 1. The maximum Gasteiger partial charge on any atom is 0.272 e. The molecule has 0 spiro atoms. The van der Waals surface area contributed by atoms with Crippen molar-refractivity contribution < 1.29 is 4.79 Å². The summed E-state index contributed by atoms with van der Waals surface area (Å²) >= 11 is 3.38. The van der Waals surface area contributed by atoms with Crippen molar-refractivity contribution >= 4 is 39.3 Å². The molecule has 1 heterocycles. The number of amides is 1. The maximum atomic E-state index is 12.3. The van der Waals surface area contributed by atoms with Crippen molar-refractivity contribution in [3.8, 4) is 0 Å². The van der Waals surface area contributed by atoms with E-state index in [1.54, 1.807) is 12.3 Å². The number of halogens is 1. The van der Waals surface area contributed by atoms with Gasteiger partial charge in [0.2, 0.25) is 0 Å². The number of nitrogens with one attached hydrogen (secondary N) is 1. The van der Waals surface area contributed by atoms with E-state index >= 15 is 0 Å². The van der Waals surface area contributed by atoms with E-state index in [0.29, 0.717) is 11.6 Å². The van der Waals surface area contributed by atoms with Gasteiger partial charge in [0.15, 0.2) is 0 Å². The molecule has 0 bridgehead atoms. The van der Waals surface area contributed by atoms with E-state index in [1.165, 1.54) is 16.8 Å². The zero-order valence-electron chi connectivity index (χ0n) is 17.0. The maximum absolute atomic E-state index is 12.3. The summed E-state index contributed by atoms with van der Waals surface area (Å²) in [7, 11) is 0. The van der Waals surface area contributed by atoms with Gasteiger partial charge < -0.3 is 4.90 Å². The molecular weight excluding hydrogens is 414 g/mol. The van der Waals surface area contributed by atoms with Crippen molar-refractivity contribution in [3.63, 3.8) is 0 Å². The average Bonchev–Trinajstić information content (AvgIpc) is 2.61. The van der Waals surface area contributed by atoms with Gasteiger partial charge in [-0.15, -0.1) is 0 Å². The smallest absolute Gasteiger partial charge is 0.272 e. The molecule has 4 nitrogen and oxygen atoms in total. The molecule has 1 aliphatic heterocycles. The molecule has 2 aromatic rings. The van der Waals surface area contributed by atoms with Crippen LogP contribution in [0.3, 0.4) is 0 Å². The van der Waals surface area contributed by atoms with Crippen LogP contribution in [0.1, 0.15) is 56.1 Å². The van der Waals surface area contributed by atoms with Crippen molar-refractivity contribution in [2.24, 2.45) is 5.10 Å². The van der Waals surface area contributed by atoms with Gasteiger partial charge in [-0.1, -0.05) is 24.3 Å². The Morgan fingerprint density at radius 3 is 2.61 bits per heavy atom. The summed E-state index contributed by atoms with van der Waals surface area (Å²) in [4.78, 5) is 14.7. The third kappa shape index (κ3) is 4.04. The summed E-state index contributed by atoms with van der Waals surface area (Å²) in [6.07, 6.45) is 3.99. The standard InChI is InChI=1S/C23H26BrN3O/c1-15(2)27-21-11-10-17(12-19(21)16(3)13-23(27,4)5)14-25-26-22(28)18-8-6-7-9-20(18)24/h6-15H,1-5H3,(H,26,28)/b25-14-. The fourth-order valence-electron chi connectivity index (χ4n) is 3.96. The largest absolute Gasteiger partial charge is 0.360 e. The molecule has 0 aromatic heterocycles. The van der Waals surface area contributed by atoms with Crippen molar-refractivity contribution in [2.45, 2.75) is 46.2 Å². The highest BCUT2D eigenvalue weighted by Crippen LogP contribution is 2.40. The number of hydrogen-bond donors (Lipinski definition) is 1. The van der Waals surface area contributed by atoms with Crippen LogP contribution in [0.5, 0.6) is 0 Å². The molecule has 146 valence electrons. The first kappa shape index (κ1) is 20.3. The van der Waals surface area contributed by atoms with E-state index in [-0.39, 0.29) is 11.4 Å². The Kier molecular flexibility index (Phi) is 5.75. The molecule has 0 fully saturated rings. The van der Waals surface area contributed by atoms with Gasteiger partial charge >= 0.3 is 0 Å². The van der Waals surface area contributed by atoms with Gasteiger partial charge in [-0.3, -0.25) is 4.79 Å². The monoisotopic (exact) mass is 439 g/mol. The van der Waals surface area contributed by atoms with Crippen LogP contribution in [0.4, 0.5) is 5.69 Å². The number of hydrogen-bond acceptors (Lipinski definition) is 3. The van der Waals surface area contributed by atoms with Crippen LogP contribution in [0, 0.1) is 0 Å². The Bertz CT molecular complexity index is 960. The second-order valence-corrected chi connectivity index (χ2v) is 8.75.